The van der Waals surface area contributed by atoms with Gasteiger partial charge in [-0.1, -0.05) is 74.0 Å². The summed E-state index contributed by atoms with van der Waals surface area (Å²) in [5.41, 5.74) is -0.578. The van der Waals surface area contributed by atoms with E-state index in [4.69, 9.17) is 21.1 Å². The summed E-state index contributed by atoms with van der Waals surface area (Å²) < 4.78 is 110. The Morgan fingerprint density at radius 2 is 1.37 bits per heavy atom. The molecular formula is C43H47ClF7N3O8. The lowest BCUT2D eigenvalue weighted by Gasteiger charge is -2.27. The van der Waals surface area contributed by atoms with Crippen LogP contribution in [-0.4, -0.2) is 66.6 Å². The number of hydrogen-bond acceptors (Lipinski definition) is 8. The fourth-order valence-corrected chi connectivity index (χ4v) is 6.22. The van der Waals surface area contributed by atoms with Crippen molar-refractivity contribution >= 4 is 46.9 Å². The van der Waals surface area contributed by atoms with Gasteiger partial charge in [0.15, 0.2) is 5.78 Å². The molecule has 0 fully saturated rings. The molecule has 0 bridgehead atoms. The standard InChI is InChI=1S/C43H47ClF7N3O8/c1-24(2)32(36(57)43(50,51)38(59)53-23-41(45,46)47)21-33(55)35(27-14-16-31(61-6)17-15-27)54-37(58)28(19-34(56)42(48,49)29-8-7-9-30(44)20-29)18-25-10-12-26(13-11-25)22-52-39(60)62-40(3,4)5/h7-17,20,24,28,32,35H,18-19,21-23H2,1-6H3,(H,52,60)(H,53,59)(H,54,58)/t28-,32+,35+/m1/s1. The minimum atomic E-state index is -5.08. The van der Waals surface area contributed by atoms with Crippen molar-refractivity contribution in [3.63, 3.8) is 0 Å². The Morgan fingerprint density at radius 1 is 0.774 bits per heavy atom. The summed E-state index contributed by atoms with van der Waals surface area (Å²) >= 11 is 5.91. The predicted molar refractivity (Wildman–Crippen MR) is 213 cm³/mol. The van der Waals surface area contributed by atoms with Gasteiger partial charge in [0, 0.05) is 41.8 Å². The van der Waals surface area contributed by atoms with Crippen molar-refractivity contribution in [3.05, 3.63) is 100 Å². The van der Waals surface area contributed by atoms with Crippen LogP contribution < -0.4 is 20.7 Å². The molecule has 3 amide bonds. The fraction of sp³-hybridized carbons (Fsp3) is 0.442. The van der Waals surface area contributed by atoms with Crippen LogP contribution in [0, 0.1) is 17.8 Å². The second kappa shape index (κ2) is 21.0. The first kappa shape index (κ1) is 50.8. The van der Waals surface area contributed by atoms with Crippen LogP contribution in [0.15, 0.2) is 72.8 Å². The first-order valence-electron chi connectivity index (χ1n) is 19.1. The molecule has 19 heteroatoms. The van der Waals surface area contributed by atoms with E-state index in [9.17, 15) is 41.9 Å². The lowest BCUT2D eigenvalue weighted by Crippen LogP contribution is -2.51. The molecular weight excluding hydrogens is 855 g/mol. The van der Waals surface area contributed by atoms with E-state index in [1.54, 1.807) is 32.9 Å². The van der Waals surface area contributed by atoms with E-state index < -0.39 is 108 Å². The molecule has 0 saturated carbocycles. The molecule has 3 aromatic carbocycles. The Hall–Kier alpha value is -5.52. The average Bonchev–Trinajstić information content (AvgIpc) is 3.18. The summed E-state index contributed by atoms with van der Waals surface area (Å²) in [4.78, 5) is 79.0. The molecule has 0 aromatic heterocycles. The Bertz CT molecular complexity index is 2070. The highest BCUT2D eigenvalue weighted by Gasteiger charge is 2.52. The van der Waals surface area contributed by atoms with Crippen LogP contribution in [0.5, 0.6) is 5.75 Å². The molecule has 0 unspecified atom stereocenters. The molecule has 0 aliphatic carbocycles. The number of carbonyl (C=O) groups excluding carboxylic acids is 6. The molecule has 3 aromatic rings. The monoisotopic (exact) mass is 901 g/mol. The van der Waals surface area contributed by atoms with Gasteiger partial charge in [-0.05, 0) is 74.1 Å². The normalized spacial score (nSPS) is 13.7. The number of benzene rings is 3. The molecule has 0 aliphatic heterocycles. The van der Waals surface area contributed by atoms with Gasteiger partial charge in [0.25, 0.3) is 5.91 Å². The van der Waals surface area contributed by atoms with Crippen molar-refractivity contribution < 1.29 is 69.0 Å². The third kappa shape index (κ3) is 14.8. The molecule has 0 saturated heterocycles. The summed E-state index contributed by atoms with van der Waals surface area (Å²) in [6.07, 6.45) is -8.29. The zero-order chi connectivity index (χ0) is 46.8. The molecule has 0 aliphatic rings. The van der Waals surface area contributed by atoms with Crippen LogP contribution >= 0.6 is 11.6 Å². The number of ether oxygens (including phenoxy) is 2. The Kier molecular flexibility index (Phi) is 17.2. The Labute approximate surface area is 358 Å². The van der Waals surface area contributed by atoms with Gasteiger partial charge in [-0.15, -0.1) is 0 Å². The number of amides is 3. The number of Topliss-reactive ketones (excluding diaryl/α,β-unsaturated/α-hetero) is 3. The lowest BCUT2D eigenvalue weighted by molar-refractivity contribution is -0.167. The number of methoxy groups -OCH3 is 1. The van der Waals surface area contributed by atoms with Gasteiger partial charge < -0.3 is 25.4 Å². The molecule has 0 heterocycles. The minimum absolute atomic E-state index is 0.00459. The predicted octanol–water partition coefficient (Wildman–Crippen LogP) is 8.26. The molecule has 338 valence electrons. The Morgan fingerprint density at radius 3 is 1.90 bits per heavy atom. The van der Waals surface area contributed by atoms with Crippen molar-refractivity contribution in [1.29, 1.82) is 0 Å². The van der Waals surface area contributed by atoms with Gasteiger partial charge in [-0.2, -0.15) is 30.7 Å². The lowest BCUT2D eigenvalue weighted by atomic mass is 9.82. The number of hydrogen-bond donors (Lipinski definition) is 3. The second-order valence-electron chi connectivity index (χ2n) is 15.8. The molecule has 11 nitrogen and oxygen atoms in total. The molecule has 0 spiro atoms. The Balaban J connectivity index is 2.00. The molecule has 3 N–H and O–H groups in total. The summed E-state index contributed by atoms with van der Waals surface area (Å²) in [6.45, 7) is 5.41. The van der Waals surface area contributed by atoms with E-state index in [0.717, 1.165) is 17.4 Å². The van der Waals surface area contributed by atoms with Gasteiger partial charge in [0.2, 0.25) is 17.5 Å². The van der Waals surface area contributed by atoms with Gasteiger partial charge in [0.1, 0.15) is 23.9 Å². The summed E-state index contributed by atoms with van der Waals surface area (Å²) in [5.74, 6) is -22.1. The second-order valence-corrected chi connectivity index (χ2v) is 16.2. The van der Waals surface area contributed by atoms with Crippen molar-refractivity contribution in [2.45, 2.75) is 90.1 Å². The van der Waals surface area contributed by atoms with Crippen molar-refractivity contribution in [3.8, 4) is 5.75 Å². The number of alkyl halides is 7. The van der Waals surface area contributed by atoms with Crippen molar-refractivity contribution in [2.24, 2.45) is 17.8 Å². The first-order valence-corrected chi connectivity index (χ1v) is 19.5. The summed E-state index contributed by atoms with van der Waals surface area (Å²) in [7, 11) is 1.33. The number of nitrogens with one attached hydrogen (secondary N) is 3. The number of alkyl carbamates (subject to hydrolysis) is 1. The smallest absolute Gasteiger partial charge is 0.407 e. The van der Waals surface area contributed by atoms with Gasteiger partial charge >= 0.3 is 24.1 Å². The minimum Gasteiger partial charge on any atom is -0.497 e. The maximum Gasteiger partial charge on any atom is 0.407 e. The first-order chi connectivity index (χ1) is 28.6. The molecule has 3 rings (SSSR count). The quantitative estimate of drug-likeness (QED) is 0.0756. The van der Waals surface area contributed by atoms with Gasteiger partial charge in [-0.3, -0.25) is 24.0 Å². The molecule has 3 atom stereocenters. The zero-order valence-electron chi connectivity index (χ0n) is 34.6. The highest BCUT2D eigenvalue weighted by molar-refractivity contribution is 6.30. The van der Waals surface area contributed by atoms with Crippen LogP contribution in [0.2, 0.25) is 5.02 Å². The fourth-order valence-electron chi connectivity index (χ4n) is 6.03. The average molecular weight is 902 g/mol. The van der Waals surface area contributed by atoms with Gasteiger partial charge in [-0.25, -0.2) is 4.79 Å². The van der Waals surface area contributed by atoms with E-state index in [-0.39, 0.29) is 29.3 Å². The third-order valence-corrected chi connectivity index (χ3v) is 9.58. The van der Waals surface area contributed by atoms with Crippen LogP contribution in [0.3, 0.4) is 0 Å². The largest absolute Gasteiger partial charge is 0.497 e. The topological polar surface area (TPSA) is 157 Å². The van der Waals surface area contributed by atoms with Crippen LogP contribution in [-0.2, 0) is 47.6 Å². The van der Waals surface area contributed by atoms with Gasteiger partial charge in [0.05, 0.1) is 7.11 Å². The van der Waals surface area contributed by atoms with Crippen LogP contribution in [0.25, 0.3) is 0 Å². The van der Waals surface area contributed by atoms with E-state index in [1.807, 2.05) is 0 Å². The number of carbonyl (C=O) groups is 6. The number of ketones is 3. The molecule has 0 radical (unpaired) electrons. The summed E-state index contributed by atoms with van der Waals surface area (Å²) in [5, 5.41) is 5.88. The van der Waals surface area contributed by atoms with Crippen molar-refractivity contribution in [2.75, 3.05) is 13.7 Å². The third-order valence-electron chi connectivity index (χ3n) is 9.35. The van der Waals surface area contributed by atoms with E-state index in [0.29, 0.717) is 11.1 Å². The maximum absolute atomic E-state index is 15.7. The van der Waals surface area contributed by atoms with Crippen LogP contribution in [0.1, 0.15) is 75.8 Å². The van der Waals surface area contributed by atoms with E-state index in [2.05, 4.69) is 10.6 Å². The highest BCUT2D eigenvalue weighted by atomic mass is 35.5. The van der Waals surface area contributed by atoms with Crippen molar-refractivity contribution in [1.82, 2.24) is 16.0 Å². The SMILES string of the molecule is COc1ccc([C@H](NC(=O)[C@@H](CC(=O)C(F)(F)c2cccc(Cl)c2)Cc2ccc(CNC(=O)OC(C)(C)C)cc2)C(=O)C[C@H](C(=O)C(F)(F)C(=O)NCC(F)(F)F)C(C)C)cc1. The van der Waals surface area contributed by atoms with E-state index >= 15 is 17.6 Å². The number of halogens is 8. The highest BCUT2D eigenvalue weighted by Crippen LogP contribution is 2.35. The maximum atomic E-state index is 15.7. The zero-order valence-corrected chi connectivity index (χ0v) is 35.3. The number of rotatable bonds is 20. The summed E-state index contributed by atoms with van der Waals surface area (Å²) in [6, 6.07) is 14.1. The van der Waals surface area contributed by atoms with E-state index in [1.165, 1.54) is 69.5 Å². The van der Waals surface area contributed by atoms with Crippen LogP contribution in [0.4, 0.5) is 35.5 Å². The molecule has 62 heavy (non-hydrogen) atoms.